The van der Waals surface area contributed by atoms with Crippen molar-refractivity contribution in [3.63, 3.8) is 0 Å². The lowest BCUT2D eigenvalue weighted by Crippen LogP contribution is -2.18. The Bertz CT molecular complexity index is 435. The molecule has 2 bridgehead atoms. The van der Waals surface area contributed by atoms with Crippen molar-refractivity contribution in [3.05, 3.63) is 29.6 Å². The van der Waals surface area contributed by atoms with Crippen molar-refractivity contribution in [3.8, 4) is 5.75 Å². The number of hydrogen-bond acceptors (Lipinski definition) is 2. The lowest BCUT2D eigenvalue weighted by molar-refractivity contribution is 0.189. The summed E-state index contributed by atoms with van der Waals surface area (Å²) in [5.41, 5.74) is 6.28. The summed E-state index contributed by atoms with van der Waals surface area (Å²) in [7, 11) is 0. The fraction of sp³-hybridized carbons (Fsp3) is 0.600. The predicted octanol–water partition coefficient (Wildman–Crippen LogP) is 3.10. The summed E-state index contributed by atoms with van der Waals surface area (Å²) in [6.45, 7) is 1.03. The van der Waals surface area contributed by atoms with E-state index in [4.69, 9.17) is 10.5 Å². The Hall–Kier alpha value is -1.09. The first-order valence-corrected chi connectivity index (χ1v) is 6.87. The number of hydrogen-bond donors (Lipinski definition) is 1. The first-order valence-electron chi connectivity index (χ1n) is 6.87. The Morgan fingerprint density at radius 3 is 2.78 bits per heavy atom. The lowest BCUT2D eigenvalue weighted by Gasteiger charge is -2.21. The summed E-state index contributed by atoms with van der Waals surface area (Å²) in [6.07, 6.45) is 5.36. The Labute approximate surface area is 107 Å². The Kier molecular flexibility index (Phi) is 3.25. The minimum absolute atomic E-state index is 0.291. The third-order valence-corrected chi connectivity index (χ3v) is 4.57. The Morgan fingerprint density at radius 1 is 1.28 bits per heavy atom. The van der Waals surface area contributed by atoms with E-state index in [1.54, 1.807) is 6.07 Å². The molecule has 1 aromatic carbocycles. The van der Waals surface area contributed by atoms with E-state index in [-0.39, 0.29) is 5.82 Å². The van der Waals surface area contributed by atoms with E-state index in [1.165, 1.54) is 31.7 Å². The van der Waals surface area contributed by atoms with Crippen LogP contribution in [0.15, 0.2) is 18.2 Å². The standard InChI is InChI=1S/C15H20FNO/c16-14-7-11(8-17)2-4-15(14)18-9-13-6-10-1-3-12(13)5-10/h2,4,7,10,12-13H,1,3,5-6,8-9,17H2. The van der Waals surface area contributed by atoms with Crippen LogP contribution in [0.2, 0.25) is 0 Å². The first kappa shape index (κ1) is 12.0. The van der Waals surface area contributed by atoms with E-state index in [2.05, 4.69) is 0 Å². The first-order chi connectivity index (χ1) is 8.76. The molecule has 3 atom stereocenters. The molecule has 2 nitrogen and oxygen atoms in total. The van der Waals surface area contributed by atoms with Gasteiger partial charge in [-0.1, -0.05) is 12.5 Å². The van der Waals surface area contributed by atoms with Gasteiger partial charge in [0.15, 0.2) is 11.6 Å². The zero-order valence-electron chi connectivity index (χ0n) is 10.6. The zero-order valence-corrected chi connectivity index (χ0v) is 10.6. The van der Waals surface area contributed by atoms with Crippen molar-refractivity contribution in [2.45, 2.75) is 32.2 Å². The average molecular weight is 249 g/mol. The molecular formula is C15H20FNO. The normalized spacial score (nSPS) is 29.8. The third kappa shape index (κ3) is 2.24. The second-order valence-corrected chi connectivity index (χ2v) is 5.71. The molecule has 0 aliphatic heterocycles. The molecule has 3 rings (SSSR count). The van der Waals surface area contributed by atoms with Crippen LogP contribution in [-0.4, -0.2) is 6.61 Å². The maximum absolute atomic E-state index is 13.7. The molecule has 2 aliphatic rings. The molecule has 2 saturated carbocycles. The lowest BCUT2D eigenvalue weighted by atomic mass is 9.89. The highest BCUT2D eigenvalue weighted by molar-refractivity contribution is 5.29. The summed E-state index contributed by atoms with van der Waals surface area (Å²) in [6, 6.07) is 5.00. The van der Waals surface area contributed by atoms with Gasteiger partial charge in [0, 0.05) is 6.54 Å². The predicted molar refractivity (Wildman–Crippen MR) is 68.7 cm³/mol. The molecule has 1 aromatic rings. The average Bonchev–Trinajstić information content (AvgIpc) is 2.99. The summed E-state index contributed by atoms with van der Waals surface area (Å²) >= 11 is 0. The second-order valence-electron chi connectivity index (χ2n) is 5.71. The minimum atomic E-state index is -0.291. The van der Waals surface area contributed by atoms with Crippen molar-refractivity contribution in [2.75, 3.05) is 6.61 Å². The van der Waals surface area contributed by atoms with Gasteiger partial charge in [-0.2, -0.15) is 0 Å². The van der Waals surface area contributed by atoms with Crippen LogP contribution in [0.1, 0.15) is 31.2 Å². The van der Waals surface area contributed by atoms with Crippen molar-refractivity contribution >= 4 is 0 Å². The largest absolute Gasteiger partial charge is 0.490 e. The van der Waals surface area contributed by atoms with E-state index in [1.807, 2.05) is 6.07 Å². The highest BCUT2D eigenvalue weighted by atomic mass is 19.1. The van der Waals surface area contributed by atoms with Crippen LogP contribution < -0.4 is 10.5 Å². The van der Waals surface area contributed by atoms with Gasteiger partial charge in [-0.05, 0) is 54.7 Å². The molecule has 2 aliphatic carbocycles. The molecule has 18 heavy (non-hydrogen) atoms. The summed E-state index contributed by atoms with van der Waals surface area (Å²) < 4.78 is 19.4. The van der Waals surface area contributed by atoms with Crippen LogP contribution >= 0.6 is 0 Å². The third-order valence-electron chi connectivity index (χ3n) is 4.57. The van der Waals surface area contributed by atoms with Crippen molar-refractivity contribution in [1.82, 2.24) is 0 Å². The van der Waals surface area contributed by atoms with Crippen molar-refractivity contribution in [1.29, 1.82) is 0 Å². The highest BCUT2D eigenvalue weighted by Crippen LogP contribution is 2.48. The number of nitrogens with two attached hydrogens (primary N) is 1. The molecule has 2 N–H and O–H groups in total. The molecule has 3 heteroatoms. The van der Waals surface area contributed by atoms with Gasteiger partial charge in [0.25, 0.3) is 0 Å². The Morgan fingerprint density at radius 2 is 2.17 bits per heavy atom. The molecule has 0 saturated heterocycles. The topological polar surface area (TPSA) is 35.2 Å². The zero-order chi connectivity index (χ0) is 12.5. The molecule has 98 valence electrons. The van der Waals surface area contributed by atoms with Gasteiger partial charge < -0.3 is 10.5 Å². The highest BCUT2D eigenvalue weighted by Gasteiger charge is 2.39. The van der Waals surface area contributed by atoms with Crippen LogP contribution in [0, 0.1) is 23.6 Å². The molecule has 0 spiro atoms. The SMILES string of the molecule is NCc1ccc(OCC2CC3CCC2C3)c(F)c1. The van der Waals surface area contributed by atoms with Gasteiger partial charge in [0.05, 0.1) is 6.61 Å². The van der Waals surface area contributed by atoms with Gasteiger partial charge >= 0.3 is 0 Å². The summed E-state index contributed by atoms with van der Waals surface area (Å²) in [5, 5.41) is 0. The molecular weight excluding hydrogens is 229 g/mol. The van der Waals surface area contributed by atoms with E-state index < -0.39 is 0 Å². The van der Waals surface area contributed by atoms with E-state index in [0.717, 1.165) is 17.4 Å². The van der Waals surface area contributed by atoms with Crippen LogP contribution in [0.4, 0.5) is 4.39 Å². The minimum Gasteiger partial charge on any atom is -0.490 e. The van der Waals surface area contributed by atoms with E-state index in [0.29, 0.717) is 24.8 Å². The van der Waals surface area contributed by atoms with Crippen LogP contribution in [0.3, 0.4) is 0 Å². The van der Waals surface area contributed by atoms with Gasteiger partial charge in [-0.15, -0.1) is 0 Å². The van der Waals surface area contributed by atoms with Crippen LogP contribution in [-0.2, 0) is 6.54 Å². The van der Waals surface area contributed by atoms with Crippen molar-refractivity contribution < 1.29 is 9.13 Å². The molecule has 2 fully saturated rings. The van der Waals surface area contributed by atoms with Crippen LogP contribution in [0.5, 0.6) is 5.75 Å². The monoisotopic (exact) mass is 249 g/mol. The number of fused-ring (bicyclic) bond motifs is 2. The number of benzene rings is 1. The second kappa shape index (κ2) is 4.88. The van der Waals surface area contributed by atoms with E-state index in [9.17, 15) is 4.39 Å². The number of halogens is 1. The maximum atomic E-state index is 13.7. The van der Waals surface area contributed by atoms with Gasteiger partial charge in [-0.3, -0.25) is 0 Å². The number of rotatable bonds is 4. The van der Waals surface area contributed by atoms with Gasteiger partial charge in [-0.25, -0.2) is 4.39 Å². The molecule has 3 unspecified atom stereocenters. The number of ether oxygens (including phenoxy) is 1. The van der Waals surface area contributed by atoms with Gasteiger partial charge in [0.2, 0.25) is 0 Å². The maximum Gasteiger partial charge on any atom is 0.165 e. The fourth-order valence-electron chi connectivity index (χ4n) is 3.57. The summed E-state index contributed by atoms with van der Waals surface area (Å²) in [5.74, 6) is 2.45. The molecule has 0 heterocycles. The Balaban J connectivity index is 1.60. The van der Waals surface area contributed by atoms with Crippen LogP contribution in [0.25, 0.3) is 0 Å². The molecule has 0 radical (unpaired) electrons. The van der Waals surface area contributed by atoms with Gasteiger partial charge in [0.1, 0.15) is 0 Å². The molecule has 0 aromatic heterocycles. The molecule has 0 amide bonds. The quantitative estimate of drug-likeness (QED) is 0.890. The fourth-order valence-corrected chi connectivity index (χ4v) is 3.57. The van der Waals surface area contributed by atoms with E-state index >= 15 is 0 Å². The summed E-state index contributed by atoms with van der Waals surface area (Å²) in [4.78, 5) is 0. The van der Waals surface area contributed by atoms with Crippen molar-refractivity contribution in [2.24, 2.45) is 23.5 Å². The smallest absolute Gasteiger partial charge is 0.165 e.